The van der Waals surface area contributed by atoms with Crippen molar-refractivity contribution in [2.75, 3.05) is 23.8 Å². The number of carbonyl (C=O) groups is 3. The second-order valence-electron chi connectivity index (χ2n) is 7.21. The summed E-state index contributed by atoms with van der Waals surface area (Å²) in [6, 6.07) is 6.49. The number of rotatable bonds is 5. The zero-order valence-electron chi connectivity index (χ0n) is 15.1. The standard InChI is InChI=1S/C18H21N3O5S2/c22-15(20-11-6-8-28(25,26)10-11)5-7-19-16(23)14-9-27-18-13-4-2-1-3-12(13)17(24)21(14)18/h1-4,11,14,18H,5-10H2,(H,19,23)(H,20,22)/t11-,14-,18-/m0/s1. The zero-order valence-corrected chi connectivity index (χ0v) is 16.7. The molecule has 8 nitrogen and oxygen atoms in total. The van der Waals surface area contributed by atoms with Gasteiger partial charge in [0, 0.05) is 30.3 Å². The molecule has 3 amide bonds. The van der Waals surface area contributed by atoms with Gasteiger partial charge >= 0.3 is 0 Å². The fraction of sp³-hybridized carbons (Fsp3) is 0.500. The number of amides is 3. The lowest BCUT2D eigenvalue weighted by Crippen LogP contribution is -2.47. The highest BCUT2D eigenvalue weighted by Crippen LogP contribution is 2.47. The van der Waals surface area contributed by atoms with Crippen molar-refractivity contribution in [3.63, 3.8) is 0 Å². The molecule has 2 saturated heterocycles. The van der Waals surface area contributed by atoms with Crippen LogP contribution in [-0.2, 0) is 19.4 Å². The second kappa shape index (κ2) is 7.40. The minimum absolute atomic E-state index is 0.0244. The molecule has 28 heavy (non-hydrogen) atoms. The summed E-state index contributed by atoms with van der Waals surface area (Å²) in [7, 11) is -3.05. The SMILES string of the molecule is O=C(CCNC(=O)[C@@H]1CS[C@H]2c3ccccc3C(=O)N12)N[C@H]1CCS(=O)(=O)C1. The molecule has 3 heterocycles. The first-order valence-electron chi connectivity index (χ1n) is 9.16. The minimum Gasteiger partial charge on any atom is -0.354 e. The Kier molecular flexibility index (Phi) is 5.09. The Morgan fingerprint density at radius 3 is 2.79 bits per heavy atom. The van der Waals surface area contributed by atoms with Gasteiger partial charge in [-0.2, -0.15) is 0 Å². The lowest BCUT2D eigenvalue weighted by atomic mass is 10.1. The molecule has 3 aliphatic heterocycles. The molecule has 10 heteroatoms. The number of carbonyl (C=O) groups excluding carboxylic acids is 3. The topological polar surface area (TPSA) is 113 Å². The van der Waals surface area contributed by atoms with E-state index in [1.807, 2.05) is 18.2 Å². The van der Waals surface area contributed by atoms with Crippen LogP contribution >= 0.6 is 11.8 Å². The fourth-order valence-electron chi connectivity index (χ4n) is 3.87. The minimum atomic E-state index is -3.05. The summed E-state index contributed by atoms with van der Waals surface area (Å²) in [5.41, 5.74) is 1.59. The first-order chi connectivity index (χ1) is 13.4. The molecule has 3 aliphatic rings. The molecule has 1 aromatic carbocycles. The van der Waals surface area contributed by atoms with Crippen molar-refractivity contribution in [2.24, 2.45) is 0 Å². The number of hydrogen-bond acceptors (Lipinski definition) is 6. The molecule has 2 N–H and O–H groups in total. The van der Waals surface area contributed by atoms with Gasteiger partial charge in [-0.3, -0.25) is 14.4 Å². The highest BCUT2D eigenvalue weighted by molar-refractivity contribution is 7.99. The van der Waals surface area contributed by atoms with Gasteiger partial charge in [-0.05, 0) is 18.1 Å². The number of nitrogens with one attached hydrogen (secondary N) is 2. The highest BCUT2D eigenvalue weighted by atomic mass is 32.2. The van der Waals surface area contributed by atoms with Crippen molar-refractivity contribution >= 4 is 39.3 Å². The molecule has 1 aromatic rings. The van der Waals surface area contributed by atoms with Crippen molar-refractivity contribution in [2.45, 2.75) is 30.3 Å². The monoisotopic (exact) mass is 423 g/mol. The smallest absolute Gasteiger partial charge is 0.256 e. The zero-order chi connectivity index (χ0) is 19.9. The van der Waals surface area contributed by atoms with Gasteiger partial charge in [0.05, 0.1) is 11.5 Å². The van der Waals surface area contributed by atoms with Crippen LogP contribution in [0, 0.1) is 0 Å². The van der Waals surface area contributed by atoms with Crippen LogP contribution in [0.25, 0.3) is 0 Å². The lowest BCUT2D eigenvalue weighted by molar-refractivity contribution is -0.125. The number of sulfone groups is 1. The van der Waals surface area contributed by atoms with E-state index in [1.165, 1.54) is 0 Å². The Labute approximate surface area is 167 Å². The van der Waals surface area contributed by atoms with E-state index < -0.39 is 15.9 Å². The van der Waals surface area contributed by atoms with E-state index in [1.54, 1.807) is 22.7 Å². The summed E-state index contributed by atoms with van der Waals surface area (Å²) in [5, 5.41) is 5.29. The molecule has 0 bridgehead atoms. The number of nitrogens with zero attached hydrogens (tertiary/aromatic N) is 1. The molecule has 0 aromatic heterocycles. The molecule has 0 saturated carbocycles. The van der Waals surface area contributed by atoms with Gasteiger partial charge in [0.15, 0.2) is 9.84 Å². The molecule has 0 unspecified atom stereocenters. The van der Waals surface area contributed by atoms with Crippen molar-refractivity contribution in [1.29, 1.82) is 0 Å². The van der Waals surface area contributed by atoms with Gasteiger partial charge < -0.3 is 15.5 Å². The maximum atomic E-state index is 12.6. The number of fused-ring (bicyclic) bond motifs is 3. The largest absolute Gasteiger partial charge is 0.354 e. The maximum absolute atomic E-state index is 12.6. The Morgan fingerprint density at radius 1 is 1.25 bits per heavy atom. The highest BCUT2D eigenvalue weighted by Gasteiger charge is 2.48. The van der Waals surface area contributed by atoms with Gasteiger partial charge in [-0.1, -0.05) is 18.2 Å². The summed E-state index contributed by atoms with van der Waals surface area (Å²) in [5.74, 6) is -0.0998. The Morgan fingerprint density at radius 2 is 2.04 bits per heavy atom. The van der Waals surface area contributed by atoms with E-state index in [0.29, 0.717) is 17.7 Å². The maximum Gasteiger partial charge on any atom is 0.256 e. The Balaban J connectivity index is 1.27. The average Bonchev–Trinajstić information content (AvgIpc) is 3.30. The molecular formula is C18H21N3O5S2. The molecule has 0 aliphatic carbocycles. The van der Waals surface area contributed by atoms with Crippen molar-refractivity contribution in [1.82, 2.24) is 15.5 Å². The van der Waals surface area contributed by atoms with Gasteiger partial charge in [0.25, 0.3) is 5.91 Å². The van der Waals surface area contributed by atoms with Crippen molar-refractivity contribution in [3.8, 4) is 0 Å². The molecular weight excluding hydrogens is 402 g/mol. The van der Waals surface area contributed by atoms with Crippen molar-refractivity contribution < 1.29 is 22.8 Å². The normalized spacial score (nSPS) is 27.4. The van der Waals surface area contributed by atoms with Crippen LogP contribution in [0.15, 0.2) is 24.3 Å². The molecule has 2 fully saturated rings. The van der Waals surface area contributed by atoms with Crippen LogP contribution in [0.5, 0.6) is 0 Å². The van der Waals surface area contributed by atoms with E-state index in [-0.39, 0.29) is 53.6 Å². The average molecular weight is 424 g/mol. The van der Waals surface area contributed by atoms with Crippen LogP contribution in [0.2, 0.25) is 0 Å². The van der Waals surface area contributed by atoms with E-state index in [9.17, 15) is 22.8 Å². The fourth-order valence-corrected chi connectivity index (χ4v) is 7.01. The summed E-state index contributed by atoms with van der Waals surface area (Å²) < 4.78 is 22.9. The van der Waals surface area contributed by atoms with Gasteiger partial charge in [0.1, 0.15) is 11.4 Å². The molecule has 3 atom stereocenters. The summed E-state index contributed by atoms with van der Waals surface area (Å²) >= 11 is 1.56. The van der Waals surface area contributed by atoms with Gasteiger partial charge in [0.2, 0.25) is 11.8 Å². The third-order valence-electron chi connectivity index (χ3n) is 5.24. The third kappa shape index (κ3) is 3.62. The molecule has 0 spiro atoms. The van der Waals surface area contributed by atoms with Gasteiger partial charge in [-0.25, -0.2) is 8.42 Å². The van der Waals surface area contributed by atoms with E-state index in [0.717, 1.165) is 5.56 Å². The number of benzene rings is 1. The van der Waals surface area contributed by atoms with E-state index in [2.05, 4.69) is 10.6 Å². The predicted molar refractivity (Wildman–Crippen MR) is 104 cm³/mol. The molecule has 0 radical (unpaired) electrons. The van der Waals surface area contributed by atoms with Crippen LogP contribution in [0.4, 0.5) is 0 Å². The first kappa shape index (κ1) is 19.3. The van der Waals surface area contributed by atoms with Crippen LogP contribution < -0.4 is 10.6 Å². The van der Waals surface area contributed by atoms with Crippen LogP contribution in [-0.4, -0.2) is 66.9 Å². The van der Waals surface area contributed by atoms with Gasteiger partial charge in [-0.15, -0.1) is 11.8 Å². The summed E-state index contributed by atoms with van der Waals surface area (Å²) in [6.07, 6.45) is 0.499. The Hall–Kier alpha value is -2.07. The van der Waals surface area contributed by atoms with Crippen molar-refractivity contribution in [3.05, 3.63) is 35.4 Å². The first-order valence-corrected chi connectivity index (χ1v) is 12.0. The molecule has 150 valence electrons. The lowest BCUT2D eigenvalue weighted by Gasteiger charge is -2.22. The summed E-state index contributed by atoms with van der Waals surface area (Å²) in [6.45, 7) is 0.144. The molecule has 4 rings (SSSR count). The van der Waals surface area contributed by atoms with E-state index >= 15 is 0 Å². The third-order valence-corrected chi connectivity index (χ3v) is 8.32. The van der Waals surface area contributed by atoms with Crippen LogP contribution in [0.1, 0.15) is 34.1 Å². The Bertz CT molecular complexity index is 933. The number of hydrogen-bond donors (Lipinski definition) is 2. The quantitative estimate of drug-likeness (QED) is 0.693. The summed E-state index contributed by atoms with van der Waals surface area (Å²) in [4.78, 5) is 38.8. The predicted octanol–water partition coefficient (Wildman–Crippen LogP) is 0.0660. The van der Waals surface area contributed by atoms with Crippen LogP contribution in [0.3, 0.4) is 0 Å². The number of thioether (sulfide) groups is 1. The van der Waals surface area contributed by atoms with E-state index in [4.69, 9.17) is 0 Å². The second-order valence-corrected chi connectivity index (χ2v) is 10.6.